The maximum atomic E-state index is 4.66. The van der Waals surface area contributed by atoms with Gasteiger partial charge in [-0.15, -0.1) is 0 Å². The summed E-state index contributed by atoms with van der Waals surface area (Å²) in [5.41, 5.74) is 2.26. The quantitative estimate of drug-likeness (QED) is 0.905. The molecule has 1 saturated carbocycles. The standard InChI is InChI=1S/C15H26N4/c1-11-5-7-14(8-6-11)19(4)15-17-10-13(9-16-3)12(2)18-15/h10-11,14,16H,5-9H2,1-4H3. The average molecular weight is 262 g/mol. The first-order chi connectivity index (χ1) is 9.11. The van der Waals surface area contributed by atoms with Gasteiger partial charge >= 0.3 is 0 Å². The molecule has 0 bridgehead atoms. The third kappa shape index (κ3) is 3.44. The molecule has 0 saturated heterocycles. The highest BCUT2D eigenvalue weighted by molar-refractivity contribution is 5.33. The van der Waals surface area contributed by atoms with Gasteiger partial charge in [-0.05, 0) is 45.6 Å². The van der Waals surface area contributed by atoms with E-state index in [1.54, 1.807) is 0 Å². The zero-order valence-electron chi connectivity index (χ0n) is 12.6. The van der Waals surface area contributed by atoms with E-state index in [0.717, 1.165) is 24.1 Å². The summed E-state index contributed by atoms with van der Waals surface area (Å²) in [4.78, 5) is 11.5. The molecule has 0 radical (unpaired) electrons. The fourth-order valence-corrected chi connectivity index (χ4v) is 2.81. The van der Waals surface area contributed by atoms with Crippen LogP contribution in [-0.4, -0.2) is 30.1 Å². The van der Waals surface area contributed by atoms with Crippen LogP contribution in [-0.2, 0) is 6.54 Å². The minimum absolute atomic E-state index is 0.603. The lowest BCUT2D eigenvalue weighted by Crippen LogP contribution is -2.36. The van der Waals surface area contributed by atoms with Gasteiger partial charge in [-0.3, -0.25) is 0 Å². The van der Waals surface area contributed by atoms with Gasteiger partial charge in [0.2, 0.25) is 5.95 Å². The molecule has 0 amide bonds. The predicted molar refractivity (Wildman–Crippen MR) is 79.4 cm³/mol. The molecular formula is C15H26N4. The number of hydrogen-bond donors (Lipinski definition) is 1. The van der Waals surface area contributed by atoms with Gasteiger partial charge in [-0.25, -0.2) is 9.97 Å². The van der Waals surface area contributed by atoms with E-state index in [1.165, 1.54) is 31.2 Å². The van der Waals surface area contributed by atoms with E-state index < -0.39 is 0 Å². The van der Waals surface area contributed by atoms with Crippen LogP contribution >= 0.6 is 0 Å². The first kappa shape index (κ1) is 14.3. The van der Waals surface area contributed by atoms with Crippen LogP contribution in [0.3, 0.4) is 0 Å². The van der Waals surface area contributed by atoms with Gasteiger partial charge < -0.3 is 10.2 Å². The molecule has 2 rings (SSSR count). The molecule has 1 fully saturated rings. The van der Waals surface area contributed by atoms with Crippen molar-refractivity contribution in [1.29, 1.82) is 0 Å². The van der Waals surface area contributed by atoms with E-state index in [2.05, 4.69) is 41.1 Å². The van der Waals surface area contributed by atoms with Crippen LogP contribution in [0.1, 0.15) is 43.9 Å². The SMILES string of the molecule is CNCc1cnc(N(C)C2CCC(C)CC2)nc1C. The third-order valence-corrected chi connectivity index (χ3v) is 4.28. The van der Waals surface area contributed by atoms with Gasteiger partial charge in [0.1, 0.15) is 0 Å². The van der Waals surface area contributed by atoms with Crippen molar-refractivity contribution in [3.63, 3.8) is 0 Å². The molecule has 106 valence electrons. The Hall–Kier alpha value is -1.16. The van der Waals surface area contributed by atoms with Gasteiger partial charge in [0.25, 0.3) is 0 Å². The molecule has 1 aromatic heterocycles. The number of nitrogens with zero attached hydrogens (tertiary/aromatic N) is 3. The van der Waals surface area contributed by atoms with Gasteiger partial charge in [0.15, 0.2) is 0 Å². The molecule has 1 N–H and O–H groups in total. The Morgan fingerprint density at radius 2 is 2.00 bits per heavy atom. The van der Waals surface area contributed by atoms with Crippen molar-refractivity contribution in [3.8, 4) is 0 Å². The van der Waals surface area contributed by atoms with E-state index in [4.69, 9.17) is 0 Å². The van der Waals surface area contributed by atoms with Crippen molar-refractivity contribution < 1.29 is 0 Å². The molecule has 4 nitrogen and oxygen atoms in total. The molecule has 1 aromatic rings. The Kier molecular flexibility index (Phi) is 4.75. The first-order valence-corrected chi connectivity index (χ1v) is 7.31. The minimum atomic E-state index is 0.603. The second kappa shape index (κ2) is 6.33. The first-order valence-electron chi connectivity index (χ1n) is 7.31. The topological polar surface area (TPSA) is 41.1 Å². The monoisotopic (exact) mass is 262 g/mol. The second-order valence-electron chi connectivity index (χ2n) is 5.84. The highest BCUT2D eigenvalue weighted by atomic mass is 15.3. The Bertz CT molecular complexity index is 411. The summed E-state index contributed by atoms with van der Waals surface area (Å²) in [5.74, 6) is 1.75. The number of aromatic nitrogens is 2. The van der Waals surface area contributed by atoms with Crippen LogP contribution < -0.4 is 10.2 Å². The molecular weight excluding hydrogens is 236 g/mol. The minimum Gasteiger partial charge on any atom is -0.341 e. The van der Waals surface area contributed by atoms with E-state index in [0.29, 0.717) is 6.04 Å². The lowest BCUT2D eigenvalue weighted by molar-refractivity contribution is 0.339. The van der Waals surface area contributed by atoms with Crippen LogP contribution in [0.25, 0.3) is 0 Å². The van der Waals surface area contributed by atoms with Gasteiger partial charge in [0, 0.05) is 37.1 Å². The highest BCUT2D eigenvalue weighted by Crippen LogP contribution is 2.28. The second-order valence-corrected chi connectivity index (χ2v) is 5.84. The van der Waals surface area contributed by atoms with Gasteiger partial charge in [-0.1, -0.05) is 6.92 Å². The molecule has 0 aliphatic heterocycles. The van der Waals surface area contributed by atoms with E-state index in [-0.39, 0.29) is 0 Å². The summed E-state index contributed by atoms with van der Waals surface area (Å²) in [5, 5.41) is 3.15. The zero-order valence-corrected chi connectivity index (χ0v) is 12.6. The molecule has 19 heavy (non-hydrogen) atoms. The predicted octanol–water partition coefficient (Wildman–Crippen LogP) is 2.52. The summed E-state index contributed by atoms with van der Waals surface area (Å²) in [7, 11) is 4.08. The molecule has 0 unspecified atom stereocenters. The number of rotatable bonds is 4. The molecule has 0 atom stereocenters. The maximum absolute atomic E-state index is 4.66. The number of nitrogens with one attached hydrogen (secondary N) is 1. The van der Waals surface area contributed by atoms with Gasteiger partial charge in [0.05, 0.1) is 0 Å². The Balaban J connectivity index is 2.06. The van der Waals surface area contributed by atoms with Crippen LogP contribution in [0.5, 0.6) is 0 Å². The molecule has 1 heterocycles. The zero-order chi connectivity index (χ0) is 13.8. The van der Waals surface area contributed by atoms with E-state index in [1.807, 2.05) is 13.2 Å². The van der Waals surface area contributed by atoms with Crippen LogP contribution in [0.4, 0.5) is 5.95 Å². The highest BCUT2D eigenvalue weighted by Gasteiger charge is 2.23. The summed E-state index contributed by atoms with van der Waals surface area (Å²) in [6.45, 7) is 5.24. The molecule has 4 heteroatoms. The van der Waals surface area contributed by atoms with Crippen molar-refractivity contribution in [3.05, 3.63) is 17.5 Å². The normalized spacial score (nSPS) is 23.4. The third-order valence-electron chi connectivity index (χ3n) is 4.28. The summed E-state index contributed by atoms with van der Waals surface area (Å²) >= 11 is 0. The van der Waals surface area contributed by atoms with Crippen molar-refractivity contribution in [2.75, 3.05) is 19.0 Å². The molecule has 1 aliphatic carbocycles. The van der Waals surface area contributed by atoms with Crippen LogP contribution in [0, 0.1) is 12.8 Å². The van der Waals surface area contributed by atoms with Crippen LogP contribution in [0.2, 0.25) is 0 Å². The summed E-state index contributed by atoms with van der Waals surface area (Å²) in [6.07, 6.45) is 7.13. The fourth-order valence-electron chi connectivity index (χ4n) is 2.81. The average Bonchev–Trinajstić information content (AvgIpc) is 2.41. The maximum Gasteiger partial charge on any atom is 0.225 e. The Labute approximate surface area is 116 Å². The number of aryl methyl sites for hydroxylation is 1. The Morgan fingerprint density at radius 1 is 1.32 bits per heavy atom. The van der Waals surface area contributed by atoms with E-state index >= 15 is 0 Å². The van der Waals surface area contributed by atoms with Crippen molar-refractivity contribution >= 4 is 5.95 Å². The number of anilines is 1. The van der Waals surface area contributed by atoms with Crippen molar-refractivity contribution in [1.82, 2.24) is 15.3 Å². The number of hydrogen-bond acceptors (Lipinski definition) is 4. The lowest BCUT2D eigenvalue weighted by atomic mass is 9.87. The van der Waals surface area contributed by atoms with Crippen LogP contribution in [0.15, 0.2) is 6.20 Å². The molecule has 1 aliphatic rings. The molecule has 0 aromatic carbocycles. The van der Waals surface area contributed by atoms with E-state index in [9.17, 15) is 0 Å². The summed E-state index contributed by atoms with van der Waals surface area (Å²) in [6, 6.07) is 0.603. The summed E-state index contributed by atoms with van der Waals surface area (Å²) < 4.78 is 0. The van der Waals surface area contributed by atoms with Gasteiger partial charge in [-0.2, -0.15) is 0 Å². The van der Waals surface area contributed by atoms with Crippen molar-refractivity contribution in [2.45, 2.75) is 52.1 Å². The largest absolute Gasteiger partial charge is 0.341 e. The lowest BCUT2D eigenvalue weighted by Gasteiger charge is -2.33. The smallest absolute Gasteiger partial charge is 0.225 e. The Morgan fingerprint density at radius 3 is 2.58 bits per heavy atom. The molecule has 0 spiro atoms. The fraction of sp³-hybridized carbons (Fsp3) is 0.733. The van der Waals surface area contributed by atoms with Crippen molar-refractivity contribution in [2.24, 2.45) is 5.92 Å².